The van der Waals surface area contributed by atoms with E-state index in [1.807, 2.05) is 0 Å². The van der Waals surface area contributed by atoms with E-state index in [9.17, 15) is 0 Å². The summed E-state index contributed by atoms with van der Waals surface area (Å²) in [6.45, 7) is 2.90. The maximum Gasteiger partial charge on any atom is 0.161 e. The van der Waals surface area contributed by atoms with Gasteiger partial charge in [-0.15, -0.1) is 0 Å². The summed E-state index contributed by atoms with van der Waals surface area (Å²) in [5, 5.41) is 5.96. The molecular formula is C22H27N5. The second kappa shape index (κ2) is 7.82. The van der Waals surface area contributed by atoms with Gasteiger partial charge in [0.25, 0.3) is 0 Å². The maximum atomic E-state index is 6.53. The normalized spacial score (nSPS) is 15.0. The van der Waals surface area contributed by atoms with Gasteiger partial charge in [-0.25, -0.2) is 9.97 Å². The summed E-state index contributed by atoms with van der Waals surface area (Å²) in [5.41, 5.74) is 8.27. The Bertz CT molecular complexity index is 912. The smallest absolute Gasteiger partial charge is 0.161 e. The molecule has 1 saturated carbocycles. The molecule has 2 aromatic carbocycles. The van der Waals surface area contributed by atoms with Crippen LogP contribution < -0.4 is 16.0 Å². The Hall–Kier alpha value is -2.82. The lowest BCUT2D eigenvalue weighted by molar-refractivity contribution is 0.462. The van der Waals surface area contributed by atoms with Crippen LogP contribution in [0.3, 0.4) is 0 Å². The third-order valence-corrected chi connectivity index (χ3v) is 5.44. The number of aromatic nitrogens is 2. The zero-order valence-electron chi connectivity index (χ0n) is 15.9. The van der Waals surface area contributed by atoms with Gasteiger partial charge in [0.1, 0.15) is 12.0 Å². The predicted octanol–water partition coefficient (Wildman–Crippen LogP) is 5.11. The van der Waals surface area contributed by atoms with Crippen molar-refractivity contribution in [2.45, 2.75) is 45.1 Å². The summed E-state index contributed by atoms with van der Waals surface area (Å²) in [5.74, 6) is 1.52. The molecule has 140 valence electrons. The van der Waals surface area contributed by atoms with Gasteiger partial charge in [0.15, 0.2) is 11.6 Å². The van der Waals surface area contributed by atoms with Crippen LogP contribution in [0.5, 0.6) is 0 Å². The number of nitrogens with zero attached hydrogens (tertiary/aromatic N) is 3. The number of nitrogens with two attached hydrogens (primary N) is 1. The van der Waals surface area contributed by atoms with Gasteiger partial charge in [-0.1, -0.05) is 55.7 Å². The van der Waals surface area contributed by atoms with Crippen LogP contribution in [0.2, 0.25) is 0 Å². The van der Waals surface area contributed by atoms with Crippen molar-refractivity contribution in [3.63, 3.8) is 0 Å². The van der Waals surface area contributed by atoms with Crippen LogP contribution in [0.4, 0.5) is 23.0 Å². The summed E-state index contributed by atoms with van der Waals surface area (Å²) in [6.07, 6.45) is 7.84. The quantitative estimate of drug-likeness (QED) is 0.660. The van der Waals surface area contributed by atoms with Crippen LogP contribution in [-0.2, 0) is 0 Å². The predicted molar refractivity (Wildman–Crippen MR) is 114 cm³/mol. The van der Waals surface area contributed by atoms with Gasteiger partial charge in [-0.05, 0) is 31.2 Å². The number of fused-ring (bicyclic) bond motifs is 1. The highest BCUT2D eigenvalue weighted by molar-refractivity contribution is 5.97. The average molecular weight is 361 g/mol. The van der Waals surface area contributed by atoms with E-state index in [4.69, 9.17) is 5.73 Å². The zero-order chi connectivity index (χ0) is 18.6. The van der Waals surface area contributed by atoms with E-state index >= 15 is 0 Å². The minimum Gasteiger partial charge on any atom is -0.393 e. The van der Waals surface area contributed by atoms with Crippen LogP contribution in [0.1, 0.15) is 39.0 Å². The molecule has 5 nitrogen and oxygen atoms in total. The molecule has 0 saturated heterocycles. The molecule has 1 heterocycles. The number of rotatable bonds is 5. The molecule has 3 N–H and O–H groups in total. The largest absolute Gasteiger partial charge is 0.393 e. The second-order valence-electron chi connectivity index (χ2n) is 7.18. The molecule has 27 heavy (non-hydrogen) atoms. The molecule has 0 bridgehead atoms. The molecule has 1 aromatic heterocycles. The summed E-state index contributed by atoms with van der Waals surface area (Å²) in [7, 11) is 0. The second-order valence-corrected chi connectivity index (χ2v) is 7.18. The molecule has 3 aromatic rings. The lowest BCUT2D eigenvalue weighted by Gasteiger charge is -2.27. The average Bonchev–Trinajstić information content (AvgIpc) is 2.72. The SMILES string of the molecule is CCN(c1ncnc(NC2CCCCC2)c1N)c1cccc2ccccc12. The fourth-order valence-corrected chi connectivity index (χ4v) is 4.03. The van der Waals surface area contributed by atoms with Crippen LogP contribution in [0.25, 0.3) is 10.8 Å². The van der Waals surface area contributed by atoms with E-state index in [1.165, 1.54) is 42.9 Å². The van der Waals surface area contributed by atoms with Crippen LogP contribution in [-0.4, -0.2) is 22.6 Å². The van der Waals surface area contributed by atoms with E-state index in [0.717, 1.165) is 23.9 Å². The van der Waals surface area contributed by atoms with E-state index in [2.05, 4.69) is 69.6 Å². The Balaban J connectivity index is 1.71. The van der Waals surface area contributed by atoms with E-state index in [0.29, 0.717) is 11.7 Å². The molecule has 0 unspecified atom stereocenters. The molecule has 1 fully saturated rings. The lowest BCUT2D eigenvalue weighted by Crippen LogP contribution is -2.25. The van der Waals surface area contributed by atoms with E-state index in [1.54, 1.807) is 6.33 Å². The Labute approximate surface area is 160 Å². The Morgan fingerprint density at radius 2 is 1.81 bits per heavy atom. The van der Waals surface area contributed by atoms with Gasteiger partial charge in [-0.3, -0.25) is 0 Å². The summed E-state index contributed by atoms with van der Waals surface area (Å²) in [6, 6.07) is 15.2. The zero-order valence-corrected chi connectivity index (χ0v) is 15.9. The molecule has 0 radical (unpaired) electrons. The van der Waals surface area contributed by atoms with Crippen molar-refractivity contribution >= 4 is 33.8 Å². The standard InChI is InChI=1S/C22H27N5/c1-2-27(19-14-8-10-16-9-6-7-13-18(16)19)22-20(23)21(24-15-25-22)26-17-11-4-3-5-12-17/h6-10,13-15,17H,2-5,11-12,23H2,1H3,(H,24,25,26). The summed E-state index contributed by atoms with van der Waals surface area (Å²) >= 11 is 0. The van der Waals surface area contributed by atoms with Crippen LogP contribution >= 0.6 is 0 Å². The molecule has 0 spiro atoms. The fourth-order valence-electron chi connectivity index (χ4n) is 4.03. The van der Waals surface area contributed by atoms with Gasteiger partial charge >= 0.3 is 0 Å². The topological polar surface area (TPSA) is 67.1 Å². The van der Waals surface area contributed by atoms with Crippen molar-refractivity contribution in [2.24, 2.45) is 0 Å². The molecule has 4 rings (SSSR count). The number of anilines is 4. The molecule has 0 atom stereocenters. The van der Waals surface area contributed by atoms with Gasteiger partial charge in [0.2, 0.25) is 0 Å². The number of benzene rings is 2. The molecule has 1 aliphatic rings. The van der Waals surface area contributed by atoms with Crippen molar-refractivity contribution in [3.05, 3.63) is 48.8 Å². The first-order valence-corrected chi connectivity index (χ1v) is 9.90. The number of hydrogen-bond donors (Lipinski definition) is 2. The van der Waals surface area contributed by atoms with Gasteiger partial charge < -0.3 is 16.0 Å². The van der Waals surface area contributed by atoms with E-state index < -0.39 is 0 Å². The lowest BCUT2D eigenvalue weighted by atomic mass is 9.95. The Kier molecular flexibility index (Phi) is 5.10. The summed E-state index contributed by atoms with van der Waals surface area (Å²) in [4.78, 5) is 11.1. The highest BCUT2D eigenvalue weighted by atomic mass is 15.2. The number of nitrogen functional groups attached to an aromatic ring is 1. The van der Waals surface area contributed by atoms with E-state index in [-0.39, 0.29) is 0 Å². The molecule has 5 heteroatoms. The van der Waals surface area contributed by atoms with Crippen molar-refractivity contribution in [3.8, 4) is 0 Å². The first-order valence-electron chi connectivity index (χ1n) is 9.90. The third kappa shape index (κ3) is 3.54. The number of hydrogen-bond acceptors (Lipinski definition) is 5. The van der Waals surface area contributed by atoms with Crippen molar-refractivity contribution in [1.82, 2.24) is 9.97 Å². The minimum absolute atomic E-state index is 0.455. The Morgan fingerprint density at radius 1 is 1.04 bits per heavy atom. The number of nitrogens with one attached hydrogen (secondary N) is 1. The molecule has 0 amide bonds. The fraction of sp³-hybridized carbons (Fsp3) is 0.364. The molecule has 1 aliphatic carbocycles. The summed E-state index contributed by atoms with van der Waals surface area (Å²) < 4.78 is 0. The van der Waals surface area contributed by atoms with Crippen molar-refractivity contribution in [2.75, 3.05) is 22.5 Å². The van der Waals surface area contributed by atoms with Gasteiger partial charge in [0.05, 0.1) is 5.69 Å². The molecule has 0 aliphatic heterocycles. The Morgan fingerprint density at radius 3 is 2.63 bits per heavy atom. The van der Waals surface area contributed by atoms with Crippen molar-refractivity contribution in [1.29, 1.82) is 0 Å². The third-order valence-electron chi connectivity index (χ3n) is 5.44. The van der Waals surface area contributed by atoms with Crippen molar-refractivity contribution < 1.29 is 0 Å². The molecular weight excluding hydrogens is 334 g/mol. The van der Waals surface area contributed by atoms with Gasteiger partial charge in [0, 0.05) is 18.0 Å². The van der Waals surface area contributed by atoms with Crippen LogP contribution in [0.15, 0.2) is 48.8 Å². The van der Waals surface area contributed by atoms with Crippen LogP contribution in [0, 0.1) is 0 Å². The minimum atomic E-state index is 0.455. The maximum absolute atomic E-state index is 6.53. The first kappa shape index (κ1) is 17.6. The highest BCUT2D eigenvalue weighted by Gasteiger charge is 2.20. The first-order chi connectivity index (χ1) is 13.3. The monoisotopic (exact) mass is 361 g/mol. The highest BCUT2D eigenvalue weighted by Crippen LogP contribution is 2.36. The van der Waals surface area contributed by atoms with Gasteiger partial charge in [-0.2, -0.15) is 0 Å².